The summed E-state index contributed by atoms with van der Waals surface area (Å²) in [6.45, 7) is 1.26. The van der Waals surface area contributed by atoms with E-state index in [2.05, 4.69) is 5.32 Å². The van der Waals surface area contributed by atoms with Crippen LogP contribution in [0.25, 0.3) is 11.1 Å². The van der Waals surface area contributed by atoms with E-state index in [4.69, 9.17) is 0 Å². The standard InChI is InChI=1S/C19H20F2N2O.ClH/c1-22-16-8-10-23(11-9-16)19(24)17-7-4-14(12-18(17)21)13-2-5-15(20)6-3-13;/h2-7,12,16,22H,8-11H2,1H3;1H. The van der Waals surface area contributed by atoms with Gasteiger partial charge in [0.15, 0.2) is 0 Å². The Labute approximate surface area is 152 Å². The van der Waals surface area contributed by atoms with E-state index in [-0.39, 0.29) is 29.7 Å². The molecular weight excluding hydrogens is 346 g/mol. The van der Waals surface area contributed by atoms with Crippen molar-refractivity contribution in [3.8, 4) is 11.1 Å². The molecule has 1 fully saturated rings. The van der Waals surface area contributed by atoms with Crippen LogP contribution in [0.5, 0.6) is 0 Å². The number of nitrogens with zero attached hydrogens (tertiary/aromatic N) is 1. The smallest absolute Gasteiger partial charge is 0.256 e. The maximum Gasteiger partial charge on any atom is 0.256 e. The van der Waals surface area contributed by atoms with E-state index in [1.807, 2.05) is 7.05 Å². The Balaban J connectivity index is 0.00000225. The first-order chi connectivity index (χ1) is 11.6. The summed E-state index contributed by atoms with van der Waals surface area (Å²) in [5.74, 6) is -1.15. The van der Waals surface area contributed by atoms with Crippen LogP contribution in [-0.2, 0) is 0 Å². The zero-order valence-electron chi connectivity index (χ0n) is 14.0. The second kappa shape index (κ2) is 8.41. The van der Waals surface area contributed by atoms with Gasteiger partial charge >= 0.3 is 0 Å². The molecule has 0 bridgehead atoms. The van der Waals surface area contributed by atoms with Gasteiger partial charge in [0.2, 0.25) is 0 Å². The summed E-state index contributed by atoms with van der Waals surface area (Å²) in [6.07, 6.45) is 1.75. The number of carbonyl (C=O) groups is 1. The number of amides is 1. The molecule has 1 saturated heterocycles. The molecule has 3 rings (SSSR count). The van der Waals surface area contributed by atoms with Crippen molar-refractivity contribution in [1.29, 1.82) is 0 Å². The predicted octanol–water partition coefficient (Wildman–Crippen LogP) is 3.88. The highest BCUT2D eigenvalue weighted by Gasteiger charge is 2.24. The van der Waals surface area contributed by atoms with Gasteiger partial charge < -0.3 is 10.2 Å². The van der Waals surface area contributed by atoms with Crippen LogP contribution in [0.4, 0.5) is 8.78 Å². The van der Waals surface area contributed by atoms with Crippen molar-refractivity contribution in [2.45, 2.75) is 18.9 Å². The highest BCUT2D eigenvalue weighted by molar-refractivity contribution is 5.95. The molecule has 0 unspecified atom stereocenters. The number of nitrogens with one attached hydrogen (secondary N) is 1. The average Bonchev–Trinajstić information content (AvgIpc) is 2.62. The highest BCUT2D eigenvalue weighted by atomic mass is 35.5. The Morgan fingerprint density at radius 3 is 2.20 bits per heavy atom. The summed E-state index contributed by atoms with van der Waals surface area (Å²) in [7, 11) is 1.91. The van der Waals surface area contributed by atoms with E-state index < -0.39 is 5.82 Å². The Morgan fingerprint density at radius 1 is 1.04 bits per heavy atom. The number of hydrogen-bond donors (Lipinski definition) is 1. The van der Waals surface area contributed by atoms with Gasteiger partial charge in [-0.1, -0.05) is 18.2 Å². The quantitative estimate of drug-likeness (QED) is 0.894. The maximum atomic E-state index is 14.4. The van der Waals surface area contributed by atoms with Crippen molar-refractivity contribution in [3.63, 3.8) is 0 Å². The topological polar surface area (TPSA) is 32.3 Å². The average molecular weight is 367 g/mol. The van der Waals surface area contributed by atoms with Crippen molar-refractivity contribution in [2.75, 3.05) is 20.1 Å². The SMILES string of the molecule is CNC1CCN(C(=O)c2ccc(-c3ccc(F)cc3)cc2F)CC1.Cl. The van der Waals surface area contributed by atoms with Crippen LogP contribution in [0.2, 0.25) is 0 Å². The summed E-state index contributed by atoms with van der Waals surface area (Å²) < 4.78 is 27.4. The number of carbonyl (C=O) groups excluding carboxylic acids is 1. The number of piperidine rings is 1. The lowest BCUT2D eigenvalue weighted by Crippen LogP contribution is -2.44. The summed E-state index contributed by atoms with van der Waals surface area (Å²) in [5, 5.41) is 3.21. The van der Waals surface area contributed by atoms with Gasteiger partial charge in [-0.2, -0.15) is 0 Å². The van der Waals surface area contributed by atoms with E-state index in [9.17, 15) is 13.6 Å². The molecule has 1 N–H and O–H groups in total. The molecule has 25 heavy (non-hydrogen) atoms. The highest BCUT2D eigenvalue weighted by Crippen LogP contribution is 2.24. The number of hydrogen-bond acceptors (Lipinski definition) is 2. The van der Waals surface area contributed by atoms with Crippen LogP contribution in [0.1, 0.15) is 23.2 Å². The molecule has 2 aromatic rings. The Bertz CT molecular complexity index is 729. The third-order valence-corrected chi connectivity index (χ3v) is 4.57. The first-order valence-corrected chi connectivity index (χ1v) is 8.10. The molecule has 6 heteroatoms. The number of rotatable bonds is 3. The van der Waals surface area contributed by atoms with Gasteiger partial charge in [0.1, 0.15) is 11.6 Å². The maximum absolute atomic E-state index is 14.4. The van der Waals surface area contributed by atoms with Gasteiger partial charge in [-0.15, -0.1) is 12.4 Å². The van der Waals surface area contributed by atoms with Crippen LogP contribution >= 0.6 is 12.4 Å². The molecule has 0 atom stereocenters. The third kappa shape index (κ3) is 4.35. The van der Waals surface area contributed by atoms with Crippen molar-refractivity contribution in [3.05, 3.63) is 59.7 Å². The van der Waals surface area contributed by atoms with E-state index >= 15 is 0 Å². The zero-order valence-corrected chi connectivity index (χ0v) is 14.8. The molecule has 0 spiro atoms. The van der Waals surface area contributed by atoms with Gasteiger partial charge in [0, 0.05) is 19.1 Å². The summed E-state index contributed by atoms with van der Waals surface area (Å²) in [5.41, 5.74) is 1.42. The molecule has 1 aliphatic rings. The molecule has 0 radical (unpaired) electrons. The normalized spacial score (nSPS) is 14.9. The number of halogens is 3. The van der Waals surface area contributed by atoms with Crippen LogP contribution < -0.4 is 5.32 Å². The van der Waals surface area contributed by atoms with Crippen molar-refractivity contribution in [2.24, 2.45) is 0 Å². The summed E-state index contributed by atoms with van der Waals surface area (Å²) in [6, 6.07) is 10.8. The predicted molar refractivity (Wildman–Crippen MR) is 97.0 cm³/mol. The fourth-order valence-corrected chi connectivity index (χ4v) is 3.05. The van der Waals surface area contributed by atoms with Crippen LogP contribution in [-0.4, -0.2) is 37.0 Å². The summed E-state index contributed by atoms with van der Waals surface area (Å²) >= 11 is 0. The molecule has 0 aromatic heterocycles. The monoisotopic (exact) mass is 366 g/mol. The second-order valence-corrected chi connectivity index (χ2v) is 6.06. The van der Waals surface area contributed by atoms with Crippen LogP contribution in [0.3, 0.4) is 0 Å². The fourth-order valence-electron chi connectivity index (χ4n) is 3.05. The van der Waals surface area contributed by atoms with Gasteiger partial charge in [0.05, 0.1) is 5.56 Å². The van der Waals surface area contributed by atoms with Gasteiger partial charge in [0.25, 0.3) is 5.91 Å². The minimum atomic E-state index is -0.544. The third-order valence-electron chi connectivity index (χ3n) is 4.57. The van der Waals surface area contributed by atoms with Crippen molar-refractivity contribution in [1.82, 2.24) is 10.2 Å². The lowest BCUT2D eigenvalue weighted by Gasteiger charge is -2.32. The minimum Gasteiger partial charge on any atom is -0.338 e. The fraction of sp³-hybridized carbons (Fsp3) is 0.316. The molecule has 0 saturated carbocycles. The Kier molecular flexibility index (Phi) is 6.51. The summed E-state index contributed by atoms with van der Waals surface area (Å²) in [4.78, 5) is 14.2. The van der Waals surface area contributed by atoms with Crippen LogP contribution in [0, 0.1) is 11.6 Å². The van der Waals surface area contributed by atoms with Gasteiger partial charge in [-0.3, -0.25) is 4.79 Å². The Morgan fingerprint density at radius 2 is 1.64 bits per heavy atom. The molecule has 1 heterocycles. The largest absolute Gasteiger partial charge is 0.338 e. The Hall–Kier alpha value is -1.98. The van der Waals surface area contributed by atoms with E-state index in [0.29, 0.717) is 30.3 Å². The number of benzene rings is 2. The molecule has 134 valence electrons. The first kappa shape index (κ1) is 19.3. The number of likely N-dealkylation sites (tertiary alicyclic amines) is 1. The van der Waals surface area contributed by atoms with Crippen molar-refractivity contribution < 1.29 is 13.6 Å². The van der Waals surface area contributed by atoms with Gasteiger partial charge in [-0.25, -0.2) is 8.78 Å². The van der Waals surface area contributed by atoms with E-state index in [1.54, 1.807) is 23.1 Å². The second-order valence-electron chi connectivity index (χ2n) is 6.06. The molecule has 3 nitrogen and oxygen atoms in total. The molecular formula is C19H21ClF2N2O. The molecule has 1 amide bonds. The zero-order chi connectivity index (χ0) is 17.1. The van der Waals surface area contributed by atoms with Gasteiger partial charge in [-0.05, 0) is 55.3 Å². The molecule has 2 aromatic carbocycles. The molecule has 0 aliphatic carbocycles. The minimum absolute atomic E-state index is 0. The van der Waals surface area contributed by atoms with E-state index in [1.165, 1.54) is 24.3 Å². The lowest BCUT2D eigenvalue weighted by atomic mass is 10.0. The lowest BCUT2D eigenvalue weighted by molar-refractivity contribution is 0.0702. The molecule has 1 aliphatic heterocycles. The first-order valence-electron chi connectivity index (χ1n) is 8.10. The van der Waals surface area contributed by atoms with E-state index in [0.717, 1.165) is 12.8 Å². The van der Waals surface area contributed by atoms with Crippen molar-refractivity contribution >= 4 is 18.3 Å². The van der Waals surface area contributed by atoms with Crippen LogP contribution in [0.15, 0.2) is 42.5 Å².